The highest BCUT2D eigenvalue weighted by atomic mass is 19.3. The van der Waals surface area contributed by atoms with Gasteiger partial charge in [0.2, 0.25) is 5.91 Å². The fourth-order valence-electron chi connectivity index (χ4n) is 2.74. The zero-order valence-electron chi connectivity index (χ0n) is 15.1. The van der Waals surface area contributed by atoms with Gasteiger partial charge < -0.3 is 15.6 Å². The van der Waals surface area contributed by atoms with Gasteiger partial charge in [-0.1, -0.05) is 6.07 Å². The van der Waals surface area contributed by atoms with Crippen LogP contribution in [0.15, 0.2) is 48.8 Å². The van der Waals surface area contributed by atoms with Crippen molar-refractivity contribution in [2.24, 2.45) is 0 Å². The molecule has 4 aromatic rings. The topological polar surface area (TPSA) is 108 Å². The summed E-state index contributed by atoms with van der Waals surface area (Å²) in [6, 6.07) is 9.46. The van der Waals surface area contributed by atoms with Crippen molar-refractivity contribution in [3.8, 4) is 11.5 Å². The van der Waals surface area contributed by atoms with E-state index in [0.29, 0.717) is 28.4 Å². The molecule has 4 rings (SSSR count). The number of nitrogens with one attached hydrogen (secondary N) is 3. The third-order valence-electron chi connectivity index (χ3n) is 3.97. The molecule has 0 spiro atoms. The van der Waals surface area contributed by atoms with Gasteiger partial charge in [-0.15, -0.1) is 0 Å². The molecule has 0 aromatic carbocycles. The summed E-state index contributed by atoms with van der Waals surface area (Å²) >= 11 is 0. The van der Waals surface area contributed by atoms with E-state index in [1.54, 1.807) is 30.5 Å². The first-order valence-electron chi connectivity index (χ1n) is 8.61. The van der Waals surface area contributed by atoms with Gasteiger partial charge in [0.05, 0.1) is 5.39 Å². The zero-order chi connectivity index (χ0) is 20.4. The Bertz CT molecular complexity index is 1190. The van der Waals surface area contributed by atoms with E-state index in [1.807, 2.05) is 0 Å². The van der Waals surface area contributed by atoms with Gasteiger partial charge in [-0.2, -0.15) is 0 Å². The largest absolute Gasteiger partial charge is 0.346 e. The lowest BCUT2D eigenvalue weighted by molar-refractivity contribution is -0.114. The fraction of sp³-hybridized carbons (Fsp3) is 0.105. The van der Waals surface area contributed by atoms with Gasteiger partial charge >= 0.3 is 0 Å². The summed E-state index contributed by atoms with van der Waals surface area (Å²) in [5.41, 5.74) is 1.04. The zero-order valence-corrected chi connectivity index (χ0v) is 15.1. The molecule has 0 aliphatic heterocycles. The lowest BCUT2D eigenvalue weighted by Gasteiger charge is -2.10. The van der Waals surface area contributed by atoms with Crippen LogP contribution in [0.25, 0.3) is 22.6 Å². The number of pyridine rings is 2. The molecular formula is C19H15F2N7O. The van der Waals surface area contributed by atoms with Gasteiger partial charge in [-0.05, 0) is 24.3 Å². The van der Waals surface area contributed by atoms with Crippen molar-refractivity contribution in [2.75, 3.05) is 10.6 Å². The van der Waals surface area contributed by atoms with Crippen LogP contribution in [0.4, 0.5) is 26.1 Å². The molecule has 0 radical (unpaired) electrons. The highest BCUT2D eigenvalue weighted by molar-refractivity contribution is 5.91. The van der Waals surface area contributed by atoms with E-state index in [9.17, 15) is 13.6 Å². The SMILES string of the molecule is CC(=O)Nc1cc(Nc2nc(-c3cccc(C(F)F)n3)nc3[nH]ccc23)ccn1. The molecule has 29 heavy (non-hydrogen) atoms. The average molecular weight is 395 g/mol. The Hall–Kier alpha value is -3.95. The molecular weight excluding hydrogens is 380 g/mol. The number of aromatic nitrogens is 5. The standard InChI is InChI=1S/C19H15F2N7O/c1-10(29)24-15-9-11(5-7-22-15)25-18-12-6-8-23-17(12)27-19(28-18)14-4-2-3-13(26-14)16(20)21/h2-9,16H,1H3,(H3,22,23,24,25,27,28,29). The molecule has 1 amide bonds. The van der Waals surface area contributed by atoms with Crippen LogP contribution in [0, 0.1) is 0 Å². The van der Waals surface area contributed by atoms with Gasteiger partial charge in [-0.25, -0.2) is 28.7 Å². The second kappa shape index (κ2) is 7.58. The lowest BCUT2D eigenvalue weighted by Crippen LogP contribution is -2.07. The number of carbonyl (C=O) groups is 1. The van der Waals surface area contributed by atoms with Gasteiger partial charge in [0, 0.05) is 31.1 Å². The van der Waals surface area contributed by atoms with E-state index in [4.69, 9.17) is 0 Å². The van der Waals surface area contributed by atoms with Crippen LogP contribution in [0.3, 0.4) is 0 Å². The summed E-state index contributed by atoms with van der Waals surface area (Å²) in [6.45, 7) is 1.39. The molecule has 3 N–H and O–H groups in total. The van der Waals surface area contributed by atoms with E-state index >= 15 is 0 Å². The molecule has 0 saturated carbocycles. The molecule has 146 valence electrons. The quantitative estimate of drug-likeness (QED) is 0.470. The lowest BCUT2D eigenvalue weighted by atomic mass is 10.2. The van der Waals surface area contributed by atoms with Crippen LogP contribution in [-0.2, 0) is 4.79 Å². The Morgan fingerprint density at radius 3 is 2.79 bits per heavy atom. The van der Waals surface area contributed by atoms with Gasteiger partial charge in [0.1, 0.15) is 28.7 Å². The predicted octanol–water partition coefficient (Wildman–Crippen LogP) is 4.05. The number of fused-ring (bicyclic) bond motifs is 1. The number of H-pyrrole nitrogens is 1. The second-order valence-electron chi connectivity index (χ2n) is 6.12. The Balaban J connectivity index is 1.74. The minimum absolute atomic E-state index is 0.195. The molecule has 0 aliphatic carbocycles. The number of halogens is 2. The molecule has 0 saturated heterocycles. The maximum Gasteiger partial charge on any atom is 0.280 e. The first-order chi connectivity index (χ1) is 14.0. The van der Waals surface area contributed by atoms with Crippen molar-refractivity contribution in [3.05, 3.63) is 54.5 Å². The molecule has 4 heterocycles. The molecule has 0 bridgehead atoms. The summed E-state index contributed by atoms with van der Waals surface area (Å²) < 4.78 is 26.0. The van der Waals surface area contributed by atoms with Crippen LogP contribution >= 0.6 is 0 Å². The summed E-state index contributed by atoms with van der Waals surface area (Å²) in [5, 5.41) is 6.47. The normalized spacial score (nSPS) is 11.0. The molecule has 0 fully saturated rings. The molecule has 10 heteroatoms. The molecule has 0 unspecified atom stereocenters. The van der Waals surface area contributed by atoms with Crippen LogP contribution < -0.4 is 10.6 Å². The average Bonchev–Trinajstić information content (AvgIpc) is 3.17. The monoisotopic (exact) mass is 395 g/mol. The maximum absolute atomic E-state index is 13.0. The Kier molecular flexibility index (Phi) is 4.82. The molecule has 0 atom stereocenters. The van der Waals surface area contributed by atoms with E-state index in [1.165, 1.54) is 25.3 Å². The second-order valence-corrected chi connectivity index (χ2v) is 6.12. The fourth-order valence-corrected chi connectivity index (χ4v) is 2.74. The number of amides is 1. The number of alkyl halides is 2. The third kappa shape index (κ3) is 4.00. The summed E-state index contributed by atoms with van der Waals surface area (Å²) in [7, 11) is 0. The summed E-state index contributed by atoms with van der Waals surface area (Å²) in [6.07, 6.45) is 0.551. The van der Waals surface area contributed by atoms with Crippen LogP contribution in [0.1, 0.15) is 19.0 Å². The van der Waals surface area contributed by atoms with Crippen molar-refractivity contribution < 1.29 is 13.6 Å². The van der Waals surface area contributed by atoms with Crippen molar-refractivity contribution in [3.63, 3.8) is 0 Å². The third-order valence-corrected chi connectivity index (χ3v) is 3.97. The molecule has 0 aliphatic rings. The molecule has 4 aromatic heterocycles. The summed E-state index contributed by atoms with van der Waals surface area (Å²) in [4.78, 5) is 31.1. The van der Waals surface area contributed by atoms with Crippen LogP contribution in [-0.4, -0.2) is 30.8 Å². The minimum Gasteiger partial charge on any atom is -0.346 e. The molecule has 8 nitrogen and oxygen atoms in total. The number of aromatic amines is 1. The van der Waals surface area contributed by atoms with Crippen LogP contribution in [0.5, 0.6) is 0 Å². The van der Waals surface area contributed by atoms with Gasteiger partial charge in [0.15, 0.2) is 5.82 Å². The van der Waals surface area contributed by atoms with Crippen molar-refractivity contribution in [1.82, 2.24) is 24.9 Å². The van der Waals surface area contributed by atoms with E-state index in [2.05, 4.69) is 35.6 Å². The number of anilines is 3. The predicted molar refractivity (Wildman–Crippen MR) is 104 cm³/mol. The van der Waals surface area contributed by atoms with E-state index < -0.39 is 6.43 Å². The number of hydrogen-bond acceptors (Lipinski definition) is 6. The first kappa shape index (κ1) is 18.4. The smallest absolute Gasteiger partial charge is 0.280 e. The van der Waals surface area contributed by atoms with Crippen molar-refractivity contribution in [1.29, 1.82) is 0 Å². The number of nitrogens with zero attached hydrogens (tertiary/aromatic N) is 4. The Morgan fingerprint density at radius 2 is 2.00 bits per heavy atom. The highest BCUT2D eigenvalue weighted by Gasteiger charge is 2.15. The summed E-state index contributed by atoms with van der Waals surface area (Å²) in [5.74, 6) is 0.793. The maximum atomic E-state index is 13.0. The Morgan fingerprint density at radius 1 is 1.14 bits per heavy atom. The minimum atomic E-state index is -2.69. The van der Waals surface area contributed by atoms with Crippen LogP contribution in [0.2, 0.25) is 0 Å². The van der Waals surface area contributed by atoms with E-state index in [-0.39, 0.29) is 23.1 Å². The van der Waals surface area contributed by atoms with Crippen molar-refractivity contribution >= 4 is 34.3 Å². The highest BCUT2D eigenvalue weighted by Crippen LogP contribution is 2.27. The Labute approximate surface area is 163 Å². The first-order valence-corrected chi connectivity index (χ1v) is 8.61. The van der Waals surface area contributed by atoms with E-state index in [0.717, 1.165) is 0 Å². The van der Waals surface area contributed by atoms with Gasteiger partial charge in [0.25, 0.3) is 6.43 Å². The van der Waals surface area contributed by atoms with Crippen molar-refractivity contribution in [2.45, 2.75) is 13.3 Å². The van der Waals surface area contributed by atoms with Gasteiger partial charge in [-0.3, -0.25) is 4.79 Å². The number of hydrogen-bond donors (Lipinski definition) is 3. The number of rotatable bonds is 5. The number of carbonyl (C=O) groups excluding carboxylic acids is 1.